The lowest BCUT2D eigenvalue weighted by Crippen LogP contribution is -2.64. The summed E-state index contributed by atoms with van der Waals surface area (Å²) in [5.41, 5.74) is 0.314. The van der Waals surface area contributed by atoms with E-state index in [1.165, 1.54) is 13.1 Å². The Bertz CT molecular complexity index is 206. The van der Waals surface area contributed by atoms with E-state index >= 15 is 0 Å². The van der Waals surface area contributed by atoms with E-state index in [9.17, 15) is 5.11 Å². The zero-order valence-corrected chi connectivity index (χ0v) is 9.53. The van der Waals surface area contributed by atoms with E-state index in [2.05, 4.69) is 30.6 Å². The van der Waals surface area contributed by atoms with Gasteiger partial charge in [0.15, 0.2) is 0 Å². The van der Waals surface area contributed by atoms with E-state index in [0.717, 1.165) is 19.5 Å². The van der Waals surface area contributed by atoms with Crippen LogP contribution < -0.4 is 0 Å². The summed E-state index contributed by atoms with van der Waals surface area (Å²) < 4.78 is 0. The van der Waals surface area contributed by atoms with E-state index < -0.39 is 0 Å². The summed E-state index contributed by atoms with van der Waals surface area (Å²) in [5.74, 6) is 0. The zero-order chi connectivity index (χ0) is 10.3. The maximum absolute atomic E-state index is 9.44. The Labute approximate surface area is 86.7 Å². The largest absolute Gasteiger partial charge is 0.392 e. The van der Waals surface area contributed by atoms with Crippen LogP contribution in [0.1, 0.15) is 27.2 Å². The van der Waals surface area contributed by atoms with Gasteiger partial charge in [-0.15, -0.1) is 0 Å². The number of likely N-dealkylation sites (tertiary alicyclic amines) is 2. The van der Waals surface area contributed by atoms with E-state index in [1.54, 1.807) is 0 Å². The van der Waals surface area contributed by atoms with E-state index in [0.29, 0.717) is 11.6 Å². The quantitative estimate of drug-likeness (QED) is 0.666. The standard InChI is InChI=1S/C11H22N2O/c1-11(2,3)13-6-9(7-13)12-5-4-10(14)8-12/h9-10,14H,4-8H2,1-3H3/t10-/m0/s1. The Morgan fingerprint density at radius 3 is 2.21 bits per heavy atom. The number of rotatable bonds is 1. The molecule has 14 heavy (non-hydrogen) atoms. The maximum Gasteiger partial charge on any atom is 0.0679 e. The third-order valence-electron chi connectivity index (χ3n) is 3.52. The third-order valence-corrected chi connectivity index (χ3v) is 3.52. The number of β-amino-alcohol motifs (C(OH)–C–C–N with tert-alkyl or cyclic N) is 1. The van der Waals surface area contributed by atoms with Crippen LogP contribution in [0.25, 0.3) is 0 Å². The summed E-state index contributed by atoms with van der Waals surface area (Å²) in [7, 11) is 0. The Balaban J connectivity index is 1.78. The molecule has 0 aliphatic carbocycles. The molecule has 2 rings (SSSR count). The minimum atomic E-state index is -0.0707. The van der Waals surface area contributed by atoms with Crippen LogP contribution in [0.2, 0.25) is 0 Å². The summed E-state index contributed by atoms with van der Waals surface area (Å²) in [6.45, 7) is 11.1. The molecule has 0 radical (unpaired) electrons. The van der Waals surface area contributed by atoms with Gasteiger partial charge in [0.05, 0.1) is 6.10 Å². The molecule has 3 nitrogen and oxygen atoms in total. The zero-order valence-electron chi connectivity index (χ0n) is 9.53. The minimum Gasteiger partial charge on any atom is -0.392 e. The molecule has 0 bridgehead atoms. The first-order valence-corrected chi connectivity index (χ1v) is 5.64. The van der Waals surface area contributed by atoms with Crippen molar-refractivity contribution in [2.75, 3.05) is 26.2 Å². The molecule has 2 aliphatic rings. The average molecular weight is 198 g/mol. The molecule has 2 heterocycles. The van der Waals surface area contributed by atoms with Crippen LogP contribution in [0.5, 0.6) is 0 Å². The highest BCUT2D eigenvalue weighted by molar-refractivity contribution is 4.96. The van der Waals surface area contributed by atoms with Crippen molar-refractivity contribution in [3.05, 3.63) is 0 Å². The number of hydrogen-bond donors (Lipinski definition) is 1. The van der Waals surface area contributed by atoms with Gasteiger partial charge in [0.1, 0.15) is 0 Å². The van der Waals surface area contributed by atoms with Crippen molar-refractivity contribution in [1.29, 1.82) is 0 Å². The van der Waals surface area contributed by atoms with Gasteiger partial charge in [0, 0.05) is 37.8 Å². The Morgan fingerprint density at radius 1 is 1.14 bits per heavy atom. The van der Waals surface area contributed by atoms with E-state index in [1.807, 2.05) is 0 Å². The molecular weight excluding hydrogens is 176 g/mol. The fraction of sp³-hybridized carbons (Fsp3) is 1.00. The number of hydrogen-bond acceptors (Lipinski definition) is 3. The van der Waals surface area contributed by atoms with Gasteiger partial charge in [-0.25, -0.2) is 0 Å². The Hall–Kier alpha value is -0.120. The topological polar surface area (TPSA) is 26.7 Å². The van der Waals surface area contributed by atoms with Crippen molar-refractivity contribution in [2.24, 2.45) is 0 Å². The van der Waals surface area contributed by atoms with Gasteiger partial charge < -0.3 is 5.11 Å². The molecule has 0 amide bonds. The highest BCUT2D eigenvalue weighted by Crippen LogP contribution is 2.26. The summed E-state index contributed by atoms with van der Waals surface area (Å²) in [5, 5.41) is 9.44. The third kappa shape index (κ3) is 1.95. The van der Waals surface area contributed by atoms with Crippen LogP contribution in [-0.2, 0) is 0 Å². The van der Waals surface area contributed by atoms with Gasteiger partial charge >= 0.3 is 0 Å². The molecule has 3 heteroatoms. The molecule has 0 aromatic carbocycles. The second-order valence-corrected chi connectivity index (χ2v) is 5.67. The molecular formula is C11H22N2O. The van der Waals surface area contributed by atoms with Crippen molar-refractivity contribution in [1.82, 2.24) is 9.80 Å². The monoisotopic (exact) mass is 198 g/mol. The molecule has 0 aromatic rings. The van der Waals surface area contributed by atoms with Crippen LogP contribution in [0.15, 0.2) is 0 Å². The summed E-state index contributed by atoms with van der Waals surface area (Å²) in [6.07, 6.45) is 0.894. The highest BCUT2D eigenvalue weighted by atomic mass is 16.3. The average Bonchev–Trinajstić information content (AvgIpc) is 2.28. The van der Waals surface area contributed by atoms with Crippen LogP contribution in [0, 0.1) is 0 Å². The van der Waals surface area contributed by atoms with Crippen LogP contribution in [-0.4, -0.2) is 58.8 Å². The summed E-state index contributed by atoms with van der Waals surface area (Å²) in [4.78, 5) is 4.94. The van der Waals surface area contributed by atoms with Crippen LogP contribution in [0.3, 0.4) is 0 Å². The molecule has 0 saturated carbocycles. The molecule has 0 aromatic heterocycles. The van der Waals surface area contributed by atoms with Gasteiger partial charge in [0.25, 0.3) is 0 Å². The second-order valence-electron chi connectivity index (χ2n) is 5.67. The fourth-order valence-corrected chi connectivity index (χ4v) is 2.33. The lowest BCUT2D eigenvalue weighted by Gasteiger charge is -2.50. The first-order valence-electron chi connectivity index (χ1n) is 5.64. The number of aliphatic hydroxyl groups is 1. The predicted octanol–water partition coefficient (Wildman–Crippen LogP) is 0.536. The van der Waals surface area contributed by atoms with E-state index in [-0.39, 0.29) is 6.10 Å². The molecule has 0 spiro atoms. The molecule has 2 aliphatic heterocycles. The van der Waals surface area contributed by atoms with Crippen molar-refractivity contribution >= 4 is 0 Å². The summed E-state index contributed by atoms with van der Waals surface area (Å²) in [6, 6.07) is 0.700. The van der Waals surface area contributed by atoms with Gasteiger partial charge in [-0.2, -0.15) is 0 Å². The minimum absolute atomic E-state index is 0.0707. The lowest BCUT2D eigenvalue weighted by atomic mass is 9.97. The molecule has 2 fully saturated rings. The highest BCUT2D eigenvalue weighted by Gasteiger charge is 2.39. The molecule has 1 N–H and O–H groups in total. The number of aliphatic hydroxyl groups excluding tert-OH is 1. The first-order chi connectivity index (χ1) is 6.47. The maximum atomic E-state index is 9.44. The lowest BCUT2D eigenvalue weighted by molar-refractivity contribution is -0.0172. The molecule has 1 atom stereocenters. The fourth-order valence-electron chi connectivity index (χ4n) is 2.33. The van der Waals surface area contributed by atoms with Crippen molar-refractivity contribution in [3.63, 3.8) is 0 Å². The van der Waals surface area contributed by atoms with Gasteiger partial charge in [0.2, 0.25) is 0 Å². The Morgan fingerprint density at radius 2 is 1.79 bits per heavy atom. The molecule has 0 unspecified atom stereocenters. The number of nitrogens with zero attached hydrogens (tertiary/aromatic N) is 2. The van der Waals surface area contributed by atoms with Gasteiger partial charge in [-0.1, -0.05) is 0 Å². The SMILES string of the molecule is CC(C)(C)N1CC(N2CC[C@H](O)C2)C1. The van der Waals surface area contributed by atoms with E-state index in [4.69, 9.17) is 0 Å². The van der Waals surface area contributed by atoms with Crippen molar-refractivity contribution < 1.29 is 5.11 Å². The summed E-state index contributed by atoms with van der Waals surface area (Å²) >= 11 is 0. The second kappa shape index (κ2) is 3.47. The Kier molecular flexibility index (Phi) is 2.58. The predicted molar refractivity (Wildman–Crippen MR) is 57.3 cm³/mol. The van der Waals surface area contributed by atoms with Crippen molar-refractivity contribution in [2.45, 2.75) is 44.9 Å². The van der Waals surface area contributed by atoms with Crippen LogP contribution >= 0.6 is 0 Å². The van der Waals surface area contributed by atoms with Gasteiger partial charge in [-0.3, -0.25) is 9.80 Å². The van der Waals surface area contributed by atoms with Gasteiger partial charge in [-0.05, 0) is 27.2 Å². The normalized spacial score (nSPS) is 32.1. The molecule has 82 valence electrons. The van der Waals surface area contributed by atoms with Crippen LogP contribution in [0.4, 0.5) is 0 Å². The first kappa shape index (κ1) is 10.4. The van der Waals surface area contributed by atoms with Crippen molar-refractivity contribution in [3.8, 4) is 0 Å². The smallest absolute Gasteiger partial charge is 0.0679 e. The molecule has 2 saturated heterocycles.